The van der Waals surface area contributed by atoms with Gasteiger partial charge < -0.3 is 14.9 Å². The number of hydrogen-bond acceptors (Lipinski definition) is 4. The smallest absolute Gasteiger partial charge is 0.276 e. The van der Waals surface area contributed by atoms with Crippen LogP contribution < -0.4 is 0 Å². The Morgan fingerprint density at radius 2 is 1.97 bits per heavy atom. The third kappa shape index (κ3) is 4.37. The van der Waals surface area contributed by atoms with Gasteiger partial charge in [-0.1, -0.05) is 36.6 Å². The minimum atomic E-state index is -0.405. The predicted octanol–water partition coefficient (Wildman–Crippen LogP) is 4.12. The first-order valence-corrected chi connectivity index (χ1v) is 13.0. The summed E-state index contributed by atoms with van der Waals surface area (Å²) in [6, 6.07) is 10.0. The summed E-state index contributed by atoms with van der Waals surface area (Å²) < 4.78 is 15.6. The van der Waals surface area contributed by atoms with Gasteiger partial charge in [0.05, 0.1) is 28.9 Å². The molecule has 2 aromatic heterocycles. The average Bonchev–Trinajstić information content (AvgIpc) is 3.81. The first kappa shape index (κ1) is 23.4. The maximum Gasteiger partial charge on any atom is 0.276 e. The van der Waals surface area contributed by atoms with Crippen molar-refractivity contribution in [1.29, 1.82) is 0 Å². The minimum absolute atomic E-state index is 0.0688. The Morgan fingerprint density at radius 1 is 1.17 bits per heavy atom. The number of aliphatic hydroxyl groups is 1. The molecule has 3 fully saturated rings. The third-order valence-electron chi connectivity index (χ3n) is 7.57. The molecule has 1 N–H and O–H groups in total. The zero-order valence-electron chi connectivity index (χ0n) is 19.9. The van der Waals surface area contributed by atoms with Gasteiger partial charge in [-0.2, -0.15) is 5.10 Å². The summed E-state index contributed by atoms with van der Waals surface area (Å²) in [4.78, 5) is 29.6. The molecule has 2 amide bonds. The second kappa shape index (κ2) is 9.16. The molecule has 3 aliphatic rings. The molecule has 0 spiro atoms. The van der Waals surface area contributed by atoms with Crippen LogP contribution in [0.4, 0.5) is 4.39 Å². The van der Waals surface area contributed by atoms with E-state index in [0.29, 0.717) is 41.7 Å². The van der Waals surface area contributed by atoms with Crippen molar-refractivity contribution < 1.29 is 19.1 Å². The number of piperazine rings is 1. The number of pyridine rings is 1. The van der Waals surface area contributed by atoms with E-state index in [1.807, 2.05) is 18.2 Å². The summed E-state index contributed by atoms with van der Waals surface area (Å²) in [6.07, 6.45) is 5.27. The second-order valence-corrected chi connectivity index (χ2v) is 10.6. The van der Waals surface area contributed by atoms with Crippen LogP contribution in [0, 0.1) is 11.7 Å². The van der Waals surface area contributed by atoms with Crippen LogP contribution in [0.15, 0.2) is 36.4 Å². The molecular weight excluding hydrogens is 483 g/mol. The number of aliphatic hydroxyl groups excluding tert-OH is 1. The molecule has 2 aliphatic carbocycles. The minimum Gasteiger partial charge on any atom is -0.394 e. The van der Waals surface area contributed by atoms with Crippen molar-refractivity contribution in [2.75, 3.05) is 26.2 Å². The molecule has 188 valence electrons. The highest BCUT2D eigenvalue weighted by molar-refractivity contribution is 6.37. The Morgan fingerprint density at radius 3 is 2.64 bits per heavy atom. The van der Waals surface area contributed by atoms with E-state index >= 15 is 0 Å². The van der Waals surface area contributed by atoms with E-state index in [1.54, 1.807) is 15.5 Å². The Hall–Kier alpha value is -2.97. The largest absolute Gasteiger partial charge is 0.394 e. The van der Waals surface area contributed by atoms with Gasteiger partial charge in [-0.05, 0) is 60.9 Å². The third-order valence-corrected chi connectivity index (χ3v) is 7.94. The van der Waals surface area contributed by atoms with Crippen LogP contribution >= 0.6 is 11.6 Å². The second-order valence-electron chi connectivity index (χ2n) is 10.2. The Bertz CT molecular complexity index is 1350. The maximum atomic E-state index is 14.0. The van der Waals surface area contributed by atoms with Gasteiger partial charge in [-0.3, -0.25) is 9.59 Å². The fourth-order valence-corrected chi connectivity index (χ4v) is 5.47. The van der Waals surface area contributed by atoms with Crippen LogP contribution in [0.1, 0.15) is 54.1 Å². The van der Waals surface area contributed by atoms with E-state index < -0.39 is 5.91 Å². The number of aromatic nitrogens is 2. The quantitative estimate of drug-likeness (QED) is 0.519. The van der Waals surface area contributed by atoms with Gasteiger partial charge in [0.25, 0.3) is 5.91 Å². The normalized spacial score (nSPS) is 19.2. The van der Waals surface area contributed by atoms with E-state index in [4.69, 9.17) is 11.6 Å². The zero-order valence-corrected chi connectivity index (χ0v) is 20.6. The predicted molar refractivity (Wildman–Crippen MR) is 133 cm³/mol. The number of halogens is 2. The van der Waals surface area contributed by atoms with Crippen LogP contribution in [0.25, 0.3) is 16.8 Å². The molecule has 7 nitrogen and oxygen atoms in total. The first-order chi connectivity index (χ1) is 17.4. The SMILES string of the molecule is O=C(c1nn2c(-c3cccc(F)c3)cc(C3CC3)cc2c1Cl)N1CCN([C@H](CO)CC2CC2)C(=O)C1. The van der Waals surface area contributed by atoms with Gasteiger partial charge in [0.2, 0.25) is 5.91 Å². The topological polar surface area (TPSA) is 78.2 Å². The standard InChI is InChI=1S/C27H28ClFN4O3/c28-25-23-13-19(17-6-7-17)12-22(18-2-1-3-20(29)11-18)33(23)30-26(25)27(36)31-8-9-32(24(35)14-31)21(15-34)10-16-4-5-16/h1-3,11-13,16-17,21,34H,4-10,14-15H2/t21-/m0/s1. The Balaban J connectivity index is 1.31. The van der Waals surface area contributed by atoms with Crippen molar-refractivity contribution in [2.24, 2.45) is 5.92 Å². The molecule has 6 rings (SSSR count). The fraction of sp³-hybridized carbons (Fsp3) is 0.444. The van der Waals surface area contributed by atoms with Crippen molar-refractivity contribution in [1.82, 2.24) is 19.4 Å². The lowest BCUT2D eigenvalue weighted by Crippen LogP contribution is -2.56. The molecule has 2 saturated carbocycles. The highest BCUT2D eigenvalue weighted by atomic mass is 35.5. The number of amides is 2. The lowest BCUT2D eigenvalue weighted by atomic mass is 10.1. The van der Waals surface area contributed by atoms with Gasteiger partial charge in [-0.25, -0.2) is 8.91 Å². The average molecular weight is 511 g/mol. The van der Waals surface area contributed by atoms with Gasteiger partial charge in [0, 0.05) is 18.7 Å². The van der Waals surface area contributed by atoms with E-state index in [1.165, 1.54) is 17.0 Å². The van der Waals surface area contributed by atoms with Gasteiger partial charge in [-0.15, -0.1) is 0 Å². The van der Waals surface area contributed by atoms with E-state index in [0.717, 1.165) is 37.7 Å². The summed E-state index contributed by atoms with van der Waals surface area (Å²) in [7, 11) is 0. The zero-order chi connectivity index (χ0) is 25.0. The molecule has 1 atom stereocenters. The summed E-state index contributed by atoms with van der Waals surface area (Å²) in [5, 5.41) is 14.6. The first-order valence-electron chi connectivity index (χ1n) is 12.6. The van der Waals surface area contributed by atoms with Gasteiger partial charge in [0.1, 0.15) is 12.4 Å². The maximum absolute atomic E-state index is 14.0. The lowest BCUT2D eigenvalue weighted by Gasteiger charge is -2.38. The molecule has 9 heteroatoms. The van der Waals surface area contributed by atoms with Crippen LogP contribution in [0.2, 0.25) is 5.02 Å². The van der Waals surface area contributed by atoms with Crippen molar-refractivity contribution in [3.63, 3.8) is 0 Å². The van der Waals surface area contributed by atoms with Gasteiger partial charge in [0.15, 0.2) is 5.69 Å². The fourth-order valence-electron chi connectivity index (χ4n) is 5.22. The molecule has 3 heterocycles. The van der Waals surface area contributed by atoms with Crippen molar-refractivity contribution >= 4 is 28.9 Å². The summed E-state index contributed by atoms with van der Waals surface area (Å²) in [5.74, 6) is 0.0713. The van der Waals surface area contributed by atoms with E-state index in [-0.39, 0.29) is 41.6 Å². The Kier molecular flexibility index (Phi) is 5.96. The lowest BCUT2D eigenvalue weighted by molar-refractivity contribution is -0.138. The summed E-state index contributed by atoms with van der Waals surface area (Å²) >= 11 is 6.73. The summed E-state index contributed by atoms with van der Waals surface area (Å²) in [6.45, 7) is 0.572. The number of hydrogen-bond donors (Lipinski definition) is 1. The number of nitrogens with zero attached hydrogens (tertiary/aromatic N) is 4. The summed E-state index contributed by atoms with van der Waals surface area (Å²) in [5.41, 5.74) is 3.09. The number of rotatable bonds is 7. The number of fused-ring (bicyclic) bond motifs is 1. The highest BCUT2D eigenvalue weighted by Crippen LogP contribution is 2.43. The van der Waals surface area contributed by atoms with Crippen molar-refractivity contribution in [3.05, 3.63) is 58.5 Å². The molecule has 1 aromatic carbocycles. The molecule has 3 aromatic rings. The van der Waals surface area contributed by atoms with Crippen molar-refractivity contribution in [3.8, 4) is 11.3 Å². The van der Waals surface area contributed by atoms with Crippen LogP contribution in [0.5, 0.6) is 0 Å². The number of carbonyl (C=O) groups is 2. The highest BCUT2D eigenvalue weighted by Gasteiger charge is 2.36. The molecule has 1 saturated heterocycles. The molecule has 36 heavy (non-hydrogen) atoms. The molecule has 0 radical (unpaired) electrons. The van der Waals surface area contributed by atoms with Gasteiger partial charge >= 0.3 is 0 Å². The molecule has 0 unspecified atom stereocenters. The number of benzene rings is 1. The van der Waals surface area contributed by atoms with Crippen LogP contribution in [0.3, 0.4) is 0 Å². The molecule has 0 bridgehead atoms. The van der Waals surface area contributed by atoms with E-state index in [2.05, 4.69) is 5.10 Å². The monoisotopic (exact) mass is 510 g/mol. The molecular formula is C27H28ClFN4O3. The van der Waals surface area contributed by atoms with E-state index in [9.17, 15) is 19.1 Å². The van der Waals surface area contributed by atoms with Crippen LogP contribution in [-0.4, -0.2) is 68.6 Å². The van der Waals surface area contributed by atoms with Crippen LogP contribution in [-0.2, 0) is 4.79 Å². The number of carbonyl (C=O) groups excluding carboxylic acids is 2. The van der Waals surface area contributed by atoms with Crippen molar-refractivity contribution in [2.45, 2.75) is 44.1 Å². The Labute approximate surface area is 213 Å². The molecule has 1 aliphatic heterocycles.